The van der Waals surface area contributed by atoms with Gasteiger partial charge in [0.05, 0.1) is 31.1 Å². The first kappa shape index (κ1) is 20.9. The molecule has 3 aromatic heterocycles. The second-order valence-electron chi connectivity index (χ2n) is 7.21. The van der Waals surface area contributed by atoms with E-state index in [0.29, 0.717) is 35.1 Å². The first-order chi connectivity index (χ1) is 16.2. The van der Waals surface area contributed by atoms with Gasteiger partial charge in [0.1, 0.15) is 18.3 Å². The molecule has 33 heavy (non-hydrogen) atoms. The summed E-state index contributed by atoms with van der Waals surface area (Å²) in [5.74, 6) is 1.93. The number of benzene rings is 1. The molecule has 0 N–H and O–H groups in total. The van der Waals surface area contributed by atoms with Gasteiger partial charge in [0.2, 0.25) is 5.82 Å². The Kier molecular flexibility index (Phi) is 5.61. The molecule has 0 bridgehead atoms. The Balaban J connectivity index is 1.37. The fourth-order valence-electron chi connectivity index (χ4n) is 3.63. The van der Waals surface area contributed by atoms with Crippen molar-refractivity contribution in [1.82, 2.24) is 25.2 Å². The Morgan fingerprint density at radius 2 is 2.06 bits per heavy atom. The number of amides is 1. The van der Waals surface area contributed by atoms with Crippen LogP contribution >= 0.6 is 11.3 Å². The van der Waals surface area contributed by atoms with Crippen molar-refractivity contribution in [3.63, 3.8) is 0 Å². The summed E-state index contributed by atoms with van der Waals surface area (Å²) in [5.41, 5.74) is 1.54. The summed E-state index contributed by atoms with van der Waals surface area (Å²) in [5, 5.41) is 20.5. The molecule has 1 unspecified atom stereocenters. The summed E-state index contributed by atoms with van der Waals surface area (Å²) in [6.45, 7) is -0.112. The van der Waals surface area contributed by atoms with Crippen LogP contribution in [0.1, 0.15) is 23.1 Å². The minimum atomic E-state index is -0.321. The average molecular weight is 465 g/mol. The maximum Gasteiger partial charge on any atom is 0.267 e. The summed E-state index contributed by atoms with van der Waals surface area (Å²) in [6, 6.07) is 12.6. The maximum absolute atomic E-state index is 13.2. The average Bonchev–Trinajstić information content (AvgIpc) is 3.63. The van der Waals surface area contributed by atoms with Crippen LogP contribution in [-0.2, 0) is 11.3 Å². The third-order valence-electron chi connectivity index (χ3n) is 5.21. The Morgan fingerprint density at radius 1 is 1.18 bits per heavy atom. The van der Waals surface area contributed by atoms with E-state index in [-0.39, 0.29) is 18.5 Å². The van der Waals surface area contributed by atoms with Crippen LogP contribution in [0.2, 0.25) is 0 Å². The van der Waals surface area contributed by atoms with Crippen LogP contribution in [0.3, 0.4) is 0 Å². The van der Waals surface area contributed by atoms with Crippen LogP contribution < -0.4 is 9.47 Å². The third kappa shape index (κ3) is 4.10. The predicted octanol–water partition coefficient (Wildman–Crippen LogP) is 3.39. The highest BCUT2D eigenvalue weighted by molar-refractivity contribution is 7.12. The van der Waals surface area contributed by atoms with Gasteiger partial charge in [-0.3, -0.25) is 4.79 Å². The van der Waals surface area contributed by atoms with Gasteiger partial charge in [-0.15, -0.1) is 21.5 Å². The van der Waals surface area contributed by atoms with E-state index in [9.17, 15) is 4.79 Å². The van der Waals surface area contributed by atoms with Crippen LogP contribution in [0.4, 0.5) is 0 Å². The molecule has 10 nitrogen and oxygen atoms in total. The number of hydrogen-bond acceptors (Lipinski definition) is 9. The number of carbonyl (C=O) groups is 1. The normalized spacial score (nSPS) is 15.5. The second kappa shape index (κ2) is 8.87. The number of tetrazole rings is 1. The van der Waals surface area contributed by atoms with Gasteiger partial charge in [0, 0.05) is 12.0 Å². The molecule has 0 radical (unpaired) electrons. The van der Waals surface area contributed by atoms with Gasteiger partial charge < -0.3 is 13.9 Å². The van der Waals surface area contributed by atoms with Crippen LogP contribution in [0, 0.1) is 0 Å². The lowest BCUT2D eigenvalue weighted by atomic mass is 10.1. The molecule has 1 amide bonds. The highest BCUT2D eigenvalue weighted by Gasteiger charge is 2.35. The Hall–Kier alpha value is -3.99. The summed E-state index contributed by atoms with van der Waals surface area (Å²) in [6.07, 6.45) is 2.16. The quantitative estimate of drug-likeness (QED) is 0.412. The molecule has 1 aromatic carbocycles. The van der Waals surface area contributed by atoms with Gasteiger partial charge in [-0.05, 0) is 47.0 Å². The molecular weight excluding hydrogens is 444 g/mol. The topological polar surface area (TPSA) is 108 Å². The number of furan rings is 1. The van der Waals surface area contributed by atoms with E-state index in [4.69, 9.17) is 13.9 Å². The van der Waals surface area contributed by atoms with Crippen molar-refractivity contribution >= 4 is 23.0 Å². The van der Waals surface area contributed by atoms with Gasteiger partial charge in [-0.25, -0.2) is 5.01 Å². The summed E-state index contributed by atoms with van der Waals surface area (Å²) < 4.78 is 16.2. The maximum atomic E-state index is 13.2. The molecule has 0 spiro atoms. The summed E-state index contributed by atoms with van der Waals surface area (Å²) >= 11 is 1.59. The fraction of sp³-hybridized carbons (Fsp3) is 0.227. The van der Waals surface area contributed by atoms with Gasteiger partial charge in [0.15, 0.2) is 11.5 Å². The molecule has 11 heteroatoms. The summed E-state index contributed by atoms with van der Waals surface area (Å²) in [7, 11) is 3.12. The van der Waals surface area contributed by atoms with Crippen molar-refractivity contribution in [2.45, 2.75) is 19.0 Å². The minimum Gasteiger partial charge on any atom is -0.493 e. The SMILES string of the molecule is COc1ccc(-c2nnn(CC(=O)N3N=C(c4cccs4)CC3c3ccco3)n2)cc1OC. The number of thiophene rings is 1. The van der Waals surface area contributed by atoms with E-state index in [0.717, 1.165) is 10.6 Å². The highest BCUT2D eigenvalue weighted by atomic mass is 32.1. The van der Waals surface area contributed by atoms with Gasteiger partial charge in [0.25, 0.3) is 5.91 Å². The van der Waals surface area contributed by atoms with E-state index in [2.05, 4.69) is 20.5 Å². The van der Waals surface area contributed by atoms with Gasteiger partial charge in [-0.1, -0.05) is 6.07 Å². The van der Waals surface area contributed by atoms with Crippen molar-refractivity contribution in [1.29, 1.82) is 0 Å². The largest absolute Gasteiger partial charge is 0.493 e. The lowest BCUT2D eigenvalue weighted by Gasteiger charge is -2.19. The number of hydrazone groups is 1. The Bertz CT molecular complexity index is 1280. The van der Waals surface area contributed by atoms with Crippen molar-refractivity contribution in [3.05, 3.63) is 64.7 Å². The van der Waals surface area contributed by atoms with Gasteiger partial charge >= 0.3 is 0 Å². The van der Waals surface area contributed by atoms with Crippen molar-refractivity contribution < 1.29 is 18.7 Å². The van der Waals surface area contributed by atoms with Gasteiger partial charge in [-0.2, -0.15) is 9.90 Å². The zero-order valence-corrected chi connectivity index (χ0v) is 18.7. The molecule has 4 aromatic rings. The predicted molar refractivity (Wildman–Crippen MR) is 120 cm³/mol. The first-order valence-electron chi connectivity index (χ1n) is 10.1. The van der Waals surface area contributed by atoms with E-state index in [1.165, 1.54) is 9.81 Å². The third-order valence-corrected chi connectivity index (χ3v) is 6.13. The minimum absolute atomic E-state index is 0.112. The van der Waals surface area contributed by atoms with Crippen molar-refractivity contribution in [2.75, 3.05) is 14.2 Å². The van der Waals surface area contributed by atoms with Crippen LogP contribution in [0.5, 0.6) is 11.5 Å². The highest BCUT2D eigenvalue weighted by Crippen LogP contribution is 2.34. The molecule has 0 saturated carbocycles. The molecule has 4 heterocycles. The summed E-state index contributed by atoms with van der Waals surface area (Å²) in [4.78, 5) is 15.5. The Labute approximate surface area is 193 Å². The number of carbonyl (C=O) groups excluding carboxylic acids is 1. The zero-order chi connectivity index (χ0) is 22.8. The standard InChI is InChI=1S/C22H20N6O4S/c1-30-18-8-7-14(11-19(18)31-2)22-23-26-27(25-22)13-21(29)28-16(17-5-3-9-32-17)12-15(24-28)20-6-4-10-33-20/h3-11,16H,12-13H2,1-2H3. The fourth-order valence-corrected chi connectivity index (χ4v) is 4.35. The number of rotatable bonds is 7. The molecule has 1 aliphatic rings. The molecular formula is C22H20N6O4S. The van der Waals surface area contributed by atoms with E-state index in [1.807, 2.05) is 23.6 Å². The number of aromatic nitrogens is 4. The second-order valence-corrected chi connectivity index (χ2v) is 8.16. The van der Waals surface area contributed by atoms with Crippen molar-refractivity contribution in [2.24, 2.45) is 5.10 Å². The van der Waals surface area contributed by atoms with E-state index >= 15 is 0 Å². The molecule has 1 aliphatic heterocycles. The Morgan fingerprint density at radius 3 is 2.79 bits per heavy atom. The van der Waals surface area contributed by atoms with Crippen LogP contribution in [-0.4, -0.2) is 51.1 Å². The number of hydrogen-bond donors (Lipinski definition) is 0. The lowest BCUT2D eigenvalue weighted by Crippen LogP contribution is -2.31. The smallest absolute Gasteiger partial charge is 0.267 e. The molecule has 0 aliphatic carbocycles. The molecule has 0 fully saturated rings. The lowest BCUT2D eigenvalue weighted by molar-refractivity contribution is -0.134. The molecule has 1 atom stereocenters. The number of nitrogens with zero attached hydrogens (tertiary/aromatic N) is 6. The van der Waals surface area contributed by atoms with Crippen molar-refractivity contribution in [3.8, 4) is 22.9 Å². The zero-order valence-electron chi connectivity index (χ0n) is 17.9. The molecule has 168 valence electrons. The first-order valence-corrected chi connectivity index (χ1v) is 11.0. The van der Waals surface area contributed by atoms with E-state index in [1.54, 1.807) is 56.1 Å². The number of methoxy groups -OCH3 is 2. The van der Waals surface area contributed by atoms with Crippen LogP contribution in [0.25, 0.3) is 11.4 Å². The number of ether oxygens (including phenoxy) is 2. The molecule has 0 saturated heterocycles. The molecule has 5 rings (SSSR count). The van der Waals surface area contributed by atoms with Crippen LogP contribution in [0.15, 0.2) is 63.6 Å². The monoisotopic (exact) mass is 464 g/mol. The van der Waals surface area contributed by atoms with E-state index < -0.39 is 0 Å².